The summed E-state index contributed by atoms with van der Waals surface area (Å²) < 4.78 is 5.04. The number of hydrogen-bond donors (Lipinski definition) is 2. The lowest BCUT2D eigenvalue weighted by Crippen LogP contribution is -2.37. The molecule has 0 bridgehead atoms. The van der Waals surface area contributed by atoms with Crippen LogP contribution in [0.2, 0.25) is 0 Å². The van der Waals surface area contributed by atoms with Crippen LogP contribution in [-0.2, 0) is 10.2 Å². The van der Waals surface area contributed by atoms with Crippen LogP contribution in [0.3, 0.4) is 0 Å². The molecule has 0 unspecified atom stereocenters. The lowest BCUT2D eigenvalue weighted by atomic mass is 9.84. The van der Waals surface area contributed by atoms with E-state index in [1.54, 1.807) is 18.2 Å². The van der Waals surface area contributed by atoms with E-state index >= 15 is 0 Å². The van der Waals surface area contributed by atoms with Gasteiger partial charge in [-0.15, -0.1) is 0 Å². The van der Waals surface area contributed by atoms with Gasteiger partial charge in [-0.05, 0) is 24.1 Å². The molecule has 0 fully saturated rings. The molecule has 1 aromatic rings. The zero-order valence-corrected chi connectivity index (χ0v) is 11.9. The van der Waals surface area contributed by atoms with Crippen LogP contribution in [-0.4, -0.2) is 24.4 Å². The first-order valence-corrected chi connectivity index (χ1v) is 6.66. The number of phenolic OH excluding ortho intramolecular Hbond substituents is 1. The third-order valence-corrected chi connectivity index (χ3v) is 3.03. The average Bonchev–Trinajstić information content (AvgIpc) is 2.37. The number of rotatable bonds is 6. The van der Waals surface area contributed by atoms with Crippen molar-refractivity contribution in [3.05, 3.63) is 29.8 Å². The number of unbranched alkanes of at least 4 members (excludes halogenated alkanes) is 1. The molecule has 1 rings (SSSR count). The maximum Gasteiger partial charge on any atom is 0.407 e. The molecule has 0 radical (unpaired) electrons. The van der Waals surface area contributed by atoms with Crippen molar-refractivity contribution in [2.24, 2.45) is 0 Å². The predicted octanol–water partition coefficient (Wildman–Crippen LogP) is 3.20. The number of phenols is 1. The van der Waals surface area contributed by atoms with Gasteiger partial charge in [-0.2, -0.15) is 0 Å². The van der Waals surface area contributed by atoms with Crippen molar-refractivity contribution in [2.75, 3.05) is 13.2 Å². The molecule has 0 spiro atoms. The Bertz CT molecular complexity index is 416. The smallest absolute Gasteiger partial charge is 0.407 e. The lowest BCUT2D eigenvalue weighted by molar-refractivity contribution is 0.142. The molecule has 2 N–H and O–H groups in total. The second-order valence-corrected chi connectivity index (χ2v) is 5.28. The summed E-state index contributed by atoms with van der Waals surface area (Å²) in [5.74, 6) is 0.232. The summed E-state index contributed by atoms with van der Waals surface area (Å²) >= 11 is 0. The van der Waals surface area contributed by atoms with Crippen molar-refractivity contribution in [2.45, 2.75) is 39.0 Å². The molecule has 4 heteroatoms. The van der Waals surface area contributed by atoms with Crippen LogP contribution in [0.15, 0.2) is 24.3 Å². The number of carbonyl (C=O) groups is 1. The summed E-state index contributed by atoms with van der Waals surface area (Å²) in [4.78, 5) is 11.5. The van der Waals surface area contributed by atoms with E-state index in [1.165, 1.54) is 0 Å². The van der Waals surface area contributed by atoms with E-state index in [0.29, 0.717) is 13.2 Å². The number of amides is 1. The van der Waals surface area contributed by atoms with Gasteiger partial charge < -0.3 is 15.2 Å². The Morgan fingerprint density at radius 2 is 2.16 bits per heavy atom. The van der Waals surface area contributed by atoms with E-state index < -0.39 is 0 Å². The molecule has 0 heterocycles. The molecule has 0 saturated heterocycles. The van der Waals surface area contributed by atoms with Gasteiger partial charge >= 0.3 is 6.09 Å². The van der Waals surface area contributed by atoms with Gasteiger partial charge in [-0.1, -0.05) is 39.3 Å². The van der Waals surface area contributed by atoms with Gasteiger partial charge in [0.05, 0.1) is 6.61 Å². The van der Waals surface area contributed by atoms with E-state index in [2.05, 4.69) is 5.32 Å². The second kappa shape index (κ2) is 7.02. The van der Waals surface area contributed by atoms with Gasteiger partial charge in [0, 0.05) is 12.0 Å². The summed E-state index contributed by atoms with van der Waals surface area (Å²) in [5, 5.41) is 12.2. The third kappa shape index (κ3) is 5.20. The second-order valence-electron chi connectivity index (χ2n) is 5.28. The SMILES string of the molecule is CCCCOC(=O)NCC(C)(C)c1cccc(O)c1. The van der Waals surface area contributed by atoms with E-state index in [4.69, 9.17) is 4.74 Å². The molecule has 19 heavy (non-hydrogen) atoms. The number of nitrogens with one attached hydrogen (secondary N) is 1. The van der Waals surface area contributed by atoms with Crippen molar-refractivity contribution < 1.29 is 14.6 Å². The largest absolute Gasteiger partial charge is 0.508 e. The Morgan fingerprint density at radius 1 is 1.42 bits per heavy atom. The van der Waals surface area contributed by atoms with Crippen molar-refractivity contribution >= 4 is 6.09 Å². The molecule has 1 aromatic carbocycles. The Balaban J connectivity index is 2.48. The molecule has 0 saturated carbocycles. The van der Waals surface area contributed by atoms with Gasteiger partial charge in [-0.3, -0.25) is 0 Å². The van der Waals surface area contributed by atoms with Crippen LogP contribution < -0.4 is 5.32 Å². The third-order valence-electron chi connectivity index (χ3n) is 3.03. The highest BCUT2D eigenvalue weighted by Gasteiger charge is 2.22. The Morgan fingerprint density at radius 3 is 2.79 bits per heavy atom. The maximum absolute atomic E-state index is 11.5. The molecule has 0 atom stereocenters. The molecule has 106 valence electrons. The van der Waals surface area contributed by atoms with Crippen molar-refractivity contribution in [1.82, 2.24) is 5.32 Å². The summed E-state index contributed by atoms with van der Waals surface area (Å²) in [7, 11) is 0. The lowest BCUT2D eigenvalue weighted by Gasteiger charge is -2.25. The molecule has 4 nitrogen and oxygen atoms in total. The van der Waals surface area contributed by atoms with Crippen LogP contribution in [0.5, 0.6) is 5.75 Å². The Hall–Kier alpha value is -1.71. The fraction of sp³-hybridized carbons (Fsp3) is 0.533. The number of hydrogen-bond acceptors (Lipinski definition) is 3. The molecule has 0 aliphatic rings. The van der Waals surface area contributed by atoms with Crippen molar-refractivity contribution in [3.63, 3.8) is 0 Å². The number of aromatic hydroxyl groups is 1. The highest BCUT2D eigenvalue weighted by molar-refractivity contribution is 5.67. The summed E-state index contributed by atoms with van der Waals surface area (Å²) in [6, 6.07) is 7.08. The molecular weight excluding hydrogens is 242 g/mol. The molecule has 0 aliphatic carbocycles. The quantitative estimate of drug-likeness (QED) is 0.777. The van der Waals surface area contributed by atoms with E-state index in [0.717, 1.165) is 18.4 Å². The van der Waals surface area contributed by atoms with Gasteiger partial charge in [0.2, 0.25) is 0 Å². The fourth-order valence-corrected chi connectivity index (χ4v) is 1.68. The standard InChI is InChI=1S/C15H23NO3/c1-4-5-9-19-14(18)16-11-15(2,3)12-7-6-8-13(17)10-12/h6-8,10,17H,4-5,9,11H2,1-3H3,(H,16,18). The maximum atomic E-state index is 11.5. The molecule has 1 amide bonds. The Kier molecular flexibility index (Phi) is 5.67. The van der Waals surface area contributed by atoms with Gasteiger partial charge in [0.1, 0.15) is 5.75 Å². The van der Waals surface area contributed by atoms with E-state index in [9.17, 15) is 9.90 Å². The van der Waals surface area contributed by atoms with Gasteiger partial charge in [0.25, 0.3) is 0 Å². The zero-order valence-electron chi connectivity index (χ0n) is 11.9. The Labute approximate surface area is 114 Å². The number of benzene rings is 1. The minimum atomic E-state index is -0.387. The predicted molar refractivity (Wildman–Crippen MR) is 75.4 cm³/mol. The minimum Gasteiger partial charge on any atom is -0.508 e. The zero-order chi connectivity index (χ0) is 14.3. The van der Waals surface area contributed by atoms with Gasteiger partial charge in [-0.25, -0.2) is 4.79 Å². The van der Waals surface area contributed by atoms with E-state index in [1.807, 2.05) is 26.8 Å². The molecular formula is C15H23NO3. The monoisotopic (exact) mass is 265 g/mol. The first-order valence-electron chi connectivity index (χ1n) is 6.66. The van der Waals surface area contributed by atoms with Crippen molar-refractivity contribution in [3.8, 4) is 5.75 Å². The van der Waals surface area contributed by atoms with Crippen LogP contribution in [0, 0.1) is 0 Å². The van der Waals surface area contributed by atoms with Gasteiger partial charge in [0.15, 0.2) is 0 Å². The number of ether oxygens (including phenoxy) is 1. The summed E-state index contributed by atoms with van der Waals surface area (Å²) in [6.07, 6.45) is 1.49. The summed E-state index contributed by atoms with van der Waals surface area (Å²) in [5.41, 5.74) is 0.712. The van der Waals surface area contributed by atoms with Crippen LogP contribution in [0.1, 0.15) is 39.2 Å². The van der Waals surface area contributed by atoms with E-state index in [-0.39, 0.29) is 17.3 Å². The van der Waals surface area contributed by atoms with Crippen LogP contribution >= 0.6 is 0 Å². The first kappa shape index (κ1) is 15.3. The fourth-order valence-electron chi connectivity index (χ4n) is 1.68. The topological polar surface area (TPSA) is 58.6 Å². The highest BCUT2D eigenvalue weighted by Crippen LogP contribution is 2.25. The normalized spacial score (nSPS) is 11.1. The number of alkyl carbamates (subject to hydrolysis) is 1. The molecule has 0 aliphatic heterocycles. The first-order chi connectivity index (χ1) is 8.95. The number of carbonyl (C=O) groups excluding carboxylic acids is 1. The average molecular weight is 265 g/mol. The summed E-state index contributed by atoms with van der Waals surface area (Å²) in [6.45, 7) is 6.98. The minimum absolute atomic E-state index is 0.232. The van der Waals surface area contributed by atoms with Crippen LogP contribution in [0.4, 0.5) is 4.79 Å². The highest BCUT2D eigenvalue weighted by atomic mass is 16.5. The van der Waals surface area contributed by atoms with Crippen LogP contribution in [0.25, 0.3) is 0 Å². The molecule has 0 aromatic heterocycles. The van der Waals surface area contributed by atoms with Crippen molar-refractivity contribution in [1.29, 1.82) is 0 Å².